The monoisotopic (exact) mass is 284 g/mol. The van der Waals surface area contributed by atoms with Gasteiger partial charge in [0.2, 0.25) is 0 Å². The summed E-state index contributed by atoms with van der Waals surface area (Å²) >= 11 is 0. The Labute approximate surface area is 103 Å². The van der Waals surface area contributed by atoms with Crippen LogP contribution in [0.2, 0.25) is 0 Å². The number of benzene rings is 1. The number of guanidine groups is 1. The van der Waals surface area contributed by atoms with Crippen LogP contribution in [0.3, 0.4) is 0 Å². The molecule has 19 heavy (non-hydrogen) atoms. The highest BCUT2D eigenvalue weighted by Crippen LogP contribution is 2.32. The van der Waals surface area contributed by atoms with Gasteiger partial charge in [-0.3, -0.25) is 5.32 Å². The number of nitrogens with two attached hydrogens (primary N) is 2. The first kappa shape index (κ1) is 16.6. The molecule has 0 fully saturated rings. The lowest BCUT2D eigenvalue weighted by Crippen LogP contribution is -2.85. The van der Waals surface area contributed by atoms with Crippen molar-refractivity contribution in [1.82, 2.24) is 0 Å². The minimum atomic E-state index is -4.75. The van der Waals surface area contributed by atoms with Crippen LogP contribution in [-0.2, 0) is 6.18 Å². The van der Waals surface area contributed by atoms with E-state index in [1.165, 1.54) is 0 Å². The summed E-state index contributed by atoms with van der Waals surface area (Å²) in [6.45, 7) is 0. The zero-order chi connectivity index (χ0) is 15.2. The summed E-state index contributed by atoms with van der Waals surface area (Å²) < 4.78 is 49.5. The second-order valence-electron chi connectivity index (χ2n) is 3.06. The van der Waals surface area contributed by atoms with Gasteiger partial charge in [-0.2, -0.15) is 13.2 Å². The van der Waals surface area contributed by atoms with Crippen LogP contribution in [0.4, 0.5) is 23.2 Å². The van der Waals surface area contributed by atoms with Gasteiger partial charge in [-0.25, -0.2) is 9.80 Å². The Balaban J connectivity index is 0.000000711. The van der Waals surface area contributed by atoms with Gasteiger partial charge in [0.25, 0.3) is 5.96 Å². The molecule has 106 valence electrons. The number of nitrogens with zero attached hydrogens (tertiary/aromatic N) is 1. The Morgan fingerprint density at radius 3 is 2.21 bits per heavy atom. The van der Waals surface area contributed by atoms with Crippen LogP contribution in [0.25, 0.3) is 0 Å². The molecule has 0 saturated heterocycles. The highest BCUT2D eigenvalue weighted by atomic mass is 19.4. The minimum Gasteiger partial charge on any atom is -0.356 e. The quantitative estimate of drug-likeness (QED) is 0.175. The Kier molecular flexibility index (Phi) is 5.66. The van der Waals surface area contributed by atoms with Crippen molar-refractivity contribution in [3.8, 4) is 0 Å². The molecule has 0 bridgehead atoms. The number of alkyl halides is 3. The predicted octanol–water partition coefficient (Wildman–Crippen LogP) is 0.694. The van der Waals surface area contributed by atoms with Crippen molar-refractivity contribution in [2.75, 3.05) is 0 Å². The van der Waals surface area contributed by atoms with E-state index in [4.69, 9.17) is 26.5 Å². The first-order valence-corrected chi connectivity index (χ1v) is 4.41. The van der Waals surface area contributed by atoms with Gasteiger partial charge >= 0.3 is 6.18 Å². The van der Waals surface area contributed by atoms with E-state index >= 15 is 0 Å². The third kappa shape index (κ3) is 6.78. The lowest BCUT2D eigenvalue weighted by molar-refractivity contribution is -0.447. The van der Waals surface area contributed by atoms with Crippen LogP contribution in [0.15, 0.2) is 18.2 Å². The lowest BCUT2D eigenvalue weighted by Gasteiger charge is -2.08. The number of quaternary nitrogens is 1. The van der Waals surface area contributed by atoms with Crippen molar-refractivity contribution in [2.45, 2.75) is 6.18 Å². The van der Waals surface area contributed by atoms with Crippen LogP contribution in [0.5, 0.6) is 0 Å². The summed E-state index contributed by atoms with van der Waals surface area (Å²) in [4.78, 5) is 8.25. The van der Waals surface area contributed by atoms with Gasteiger partial charge < -0.3 is 21.1 Å². The molecule has 0 aliphatic carbocycles. The number of halogens is 4. The van der Waals surface area contributed by atoms with Gasteiger partial charge in [-0.05, 0) is 6.07 Å². The average Bonchev–Trinajstić information content (AvgIpc) is 2.17. The molecule has 0 aliphatic heterocycles. The van der Waals surface area contributed by atoms with E-state index in [2.05, 4.69) is 0 Å². The molecule has 0 spiro atoms. The van der Waals surface area contributed by atoms with E-state index in [0.29, 0.717) is 12.1 Å². The van der Waals surface area contributed by atoms with Gasteiger partial charge in [-0.1, -0.05) is 0 Å². The van der Waals surface area contributed by atoms with Crippen molar-refractivity contribution in [3.05, 3.63) is 44.9 Å². The van der Waals surface area contributed by atoms with E-state index in [1.807, 2.05) is 0 Å². The molecule has 0 atom stereocenters. The smallest absolute Gasteiger partial charge is 0.356 e. The number of nitrogens with one attached hydrogen (secondary N) is 1. The first-order chi connectivity index (χ1) is 8.54. The molecule has 7 nitrogen and oxygen atoms in total. The molecule has 0 radical (unpaired) electrons. The average molecular weight is 284 g/mol. The highest BCUT2D eigenvalue weighted by Gasteiger charge is 2.34. The summed E-state index contributed by atoms with van der Waals surface area (Å²) in [5.41, 5.74) is 3.65. The highest BCUT2D eigenvalue weighted by molar-refractivity contribution is 5.66. The van der Waals surface area contributed by atoms with E-state index in [9.17, 15) is 17.6 Å². The van der Waals surface area contributed by atoms with Gasteiger partial charge in [0.15, 0.2) is 0 Å². The van der Waals surface area contributed by atoms with Crippen LogP contribution in [0.1, 0.15) is 5.56 Å². The standard InChI is InChI=1S/C8H7F4N3.NO3/c9-6-2-1-4(15-7(13)14)3-5(6)8(10,11)12;2-1(3)4/h1-3H,(H4,13,14,15);/q;-1/p+1. The van der Waals surface area contributed by atoms with E-state index in [-0.39, 0.29) is 5.69 Å². The maximum Gasteiger partial charge on any atom is 0.419 e. The summed E-state index contributed by atoms with van der Waals surface area (Å²) in [7, 11) is 0. The third-order valence-electron chi connectivity index (χ3n) is 1.62. The van der Waals surface area contributed by atoms with Crippen LogP contribution < -0.4 is 11.1 Å². The lowest BCUT2D eigenvalue weighted by atomic mass is 10.2. The molecule has 0 saturated carbocycles. The molecule has 0 aromatic heterocycles. The van der Waals surface area contributed by atoms with Crippen LogP contribution in [-0.4, -0.2) is 11.0 Å². The zero-order valence-corrected chi connectivity index (χ0v) is 9.07. The fraction of sp³-hybridized carbons (Fsp3) is 0.125. The number of rotatable bonds is 1. The molecular formula is C8H8F4N4O3. The summed E-state index contributed by atoms with van der Waals surface area (Å²) in [6, 6.07) is 2.42. The molecule has 1 aromatic rings. The van der Waals surface area contributed by atoms with Crippen molar-refractivity contribution in [1.29, 1.82) is 5.41 Å². The van der Waals surface area contributed by atoms with E-state index in [0.717, 1.165) is 11.4 Å². The summed E-state index contributed by atoms with van der Waals surface area (Å²) in [5.74, 6) is -1.74. The second-order valence-corrected chi connectivity index (χ2v) is 3.06. The van der Waals surface area contributed by atoms with Crippen molar-refractivity contribution >= 4 is 11.6 Å². The fourth-order valence-corrected chi connectivity index (χ4v) is 1.03. The van der Waals surface area contributed by atoms with Gasteiger partial charge in [0, 0.05) is 12.1 Å². The molecule has 1 aromatic carbocycles. The molecule has 11 heteroatoms. The normalized spacial score (nSPS) is 10.3. The molecule has 5 N–H and O–H groups in total. The molecule has 0 unspecified atom stereocenters. The number of hydrogen-bond acceptors (Lipinski definition) is 4. The SMILES string of the molecule is N=C(N)[NH2+]c1ccc(F)c(C(F)(F)F)c1.O=[N+]([O-])[O-]. The van der Waals surface area contributed by atoms with Crippen molar-refractivity contribution < 1.29 is 28.0 Å². The van der Waals surface area contributed by atoms with E-state index in [1.54, 1.807) is 0 Å². The molecule has 1 rings (SSSR count). The maximum atomic E-state index is 12.8. The Morgan fingerprint density at radius 1 is 1.37 bits per heavy atom. The van der Waals surface area contributed by atoms with Crippen molar-refractivity contribution in [3.63, 3.8) is 0 Å². The third-order valence-corrected chi connectivity index (χ3v) is 1.62. The zero-order valence-electron chi connectivity index (χ0n) is 9.07. The molecule has 0 amide bonds. The fourth-order valence-electron chi connectivity index (χ4n) is 1.03. The summed E-state index contributed by atoms with van der Waals surface area (Å²) in [6.07, 6.45) is -4.75. The molecular weight excluding hydrogens is 276 g/mol. The molecule has 0 heterocycles. The van der Waals surface area contributed by atoms with E-state index < -0.39 is 28.6 Å². The van der Waals surface area contributed by atoms with Gasteiger partial charge in [-0.15, -0.1) is 0 Å². The Morgan fingerprint density at radius 2 is 1.84 bits per heavy atom. The Bertz CT molecular complexity index is 474. The van der Waals surface area contributed by atoms with Gasteiger partial charge in [0.1, 0.15) is 11.5 Å². The van der Waals surface area contributed by atoms with Crippen LogP contribution in [0, 0.1) is 26.5 Å². The minimum absolute atomic E-state index is 0.0382. The summed E-state index contributed by atoms with van der Waals surface area (Å²) in [5, 5.41) is 22.6. The Hall–Kier alpha value is -2.43. The molecule has 0 aliphatic rings. The predicted molar refractivity (Wildman–Crippen MR) is 55.3 cm³/mol. The first-order valence-electron chi connectivity index (χ1n) is 4.41. The van der Waals surface area contributed by atoms with Crippen molar-refractivity contribution in [2.24, 2.45) is 5.73 Å². The second kappa shape index (κ2) is 6.49. The number of hydrogen-bond donors (Lipinski definition) is 3. The topological polar surface area (TPSA) is 133 Å². The maximum absolute atomic E-state index is 12.8. The van der Waals surface area contributed by atoms with Crippen LogP contribution >= 0.6 is 0 Å². The van der Waals surface area contributed by atoms with Gasteiger partial charge in [0.05, 0.1) is 10.7 Å². The largest absolute Gasteiger partial charge is 0.419 e.